The van der Waals surface area contributed by atoms with Crippen molar-refractivity contribution in [1.29, 1.82) is 0 Å². The Labute approximate surface area is 161 Å². The van der Waals surface area contributed by atoms with Gasteiger partial charge in [-0.3, -0.25) is 9.59 Å². The van der Waals surface area contributed by atoms with Crippen molar-refractivity contribution < 1.29 is 14.3 Å². The van der Waals surface area contributed by atoms with E-state index in [2.05, 4.69) is 0 Å². The molecule has 0 aliphatic rings. The van der Waals surface area contributed by atoms with Crippen LogP contribution in [0.2, 0.25) is 0 Å². The molecule has 2 rings (SSSR count). The van der Waals surface area contributed by atoms with E-state index in [1.807, 2.05) is 74.1 Å². The van der Waals surface area contributed by atoms with Gasteiger partial charge in [0.1, 0.15) is 13.2 Å². The highest BCUT2D eigenvalue weighted by atomic mass is 16.5. The van der Waals surface area contributed by atoms with Crippen LogP contribution in [0.1, 0.15) is 25.1 Å². The zero-order valence-corrected chi connectivity index (χ0v) is 16.6. The van der Waals surface area contributed by atoms with E-state index in [1.54, 1.807) is 9.80 Å². The van der Waals surface area contributed by atoms with Crippen LogP contribution in [0.4, 0.5) is 0 Å². The molecule has 2 aromatic rings. The van der Waals surface area contributed by atoms with Gasteiger partial charge in [0, 0.05) is 38.6 Å². The van der Waals surface area contributed by atoms with Crippen LogP contribution in [0.3, 0.4) is 0 Å². The van der Waals surface area contributed by atoms with Gasteiger partial charge < -0.3 is 19.1 Å². The average Bonchev–Trinajstić information content (AvgIpc) is 3.04. The molecule has 0 unspecified atom stereocenters. The highest BCUT2D eigenvalue weighted by Crippen LogP contribution is 2.12. The van der Waals surface area contributed by atoms with Gasteiger partial charge in [-0.15, -0.1) is 0 Å². The maximum absolute atomic E-state index is 13.1. The summed E-state index contributed by atoms with van der Waals surface area (Å²) >= 11 is 0. The van der Waals surface area contributed by atoms with Crippen LogP contribution in [0.5, 0.6) is 0 Å². The lowest BCUT2D eigenvalue weighted by Gasteiger charge is -2.30. The molecule has 6 heteroatoms. The summed E-state index contributed by atoms with van der Waals surface area (Å²) in [6.07, 6.45) is 1.96. The van der Waals surface area contributed by atoms with Gasteiger partial charge in [-0.25, -0.2) is 0 Å². The fraction of sp³-hybridized carbons (Fsp3) is 0.429. The number of hydrogen-bond donors (Lipinski definition) is 0. The summed E-state index contributed by atoms with van der Waals surface area (Å²) in [5, 5.41) is 0. The number of aryl methyl sites for hydroxylation is 1. The molecule has 27 heavy (non-hydrogen) atoms. The second kappa shape index (κ2) is 9.92. The molecule has 0 radical (unpaired) electrons. The van der Waals surface area contributed by atoms with E-state index in [4.69, 9.17) is 4.74 Å². The number of carbonyl (C=O) groups excluding carboxylic acids is 2. The van der Waals surface area contributed by atoms with Gasteiger partial charge in [-0.1, -0.05) is 30.3 Å². The second-order valence-electron chi connectivity index (χ2n) is 6.89. The standard InChI is InChI=1S/C21H29N3O3/c1-17(2)24(21(26)16-27-4)15-20(25)23(13-18-9-6-5-7-10-18)14-19-11-8-12-22(19)3/h5-12,17H,13-16H2,1-4H3. The van der Waals surface area contributed by atoms with E-state index >= 15 is 0 Å². The fourth-order valence-electron chi connectivity index (χ4n) is 2.90. The van der Waals surface area contributed by atoms with Gasteiger partial charge in [0.25, 0.3) is 0 Å². The van der Waals surface area contributed by atoms with Crippen molar-refractivity contribution in [2.75, 3.05) is 20.3 Å². The summed E-state index contributed by atoms with van der Waals surface area (Å²) in [6.45, 7) is 4.80. The van der Waals surface area contributed by atoms with Crippen LogP contribution in [0.25, 0.3) is 0 Å². The Morgan fingerprint density at radius 3 is 2.30 bits per heavy atom. The lowest BCUT2D eigenvalue weighted by Crippen LogP contribution is -2.46. The summed E-state index contributed by atoms with van der Waals surface area (Å²) in [5.41, 5.74) is 2.10. The van der Waals surface area contributed by atoms with E-state index < -0.39 is 0 Å². The Morgan fingerprint density at radius 1 is 1.04 bits per heavy atom. The van der Waals surface area contributed by atoms with Crippen molar-refractivity contribution in [2.24, 2.45) is 7.05 Å². The Balaban J connectivity index is 2.18. The minimum Gasteiger partial charge on any atom is -0.375 e. The normalized spacial score (nSPS) is 10.9. The van der Waals surface area contributed by atoms with Crippen LogP contribution in [-0.4, -0.2) is 52.5 Å². The van der Waals surface area contributed by atoms with Crippen LogP contribution in [0.15, 0.2) is 48.7 Å². The topological polar surface area (TPSA) is 54.8 Å². The van der Waals surface area contributed by atoms with Gasteiger partial charge >= 0.3 is 0 Å². The molecule has 1 aromatic heterocycles. The monoisotopic (exact) mass is 371 g/mol. The number of carbonyl (C=O) groups is 2. The van der Waals surface area contributed by atoms with Crippen molar-refractivity contribution in [3.63, 3.8) is 0 Å². The molecule has 0 atom stereocenters. The molecule has 0 N–H and O–H groups in total. The zero-order chi connectivity index (χ0) is 19.8. The van der Waals surface area contributed by atoms with Gasteiger partial charge in [0.15, 0.2) is 0 Å². The van der Waals surface area contributed by atoms with Crippen molar-refractivity contribution >= 4 is 11.8 Å². The molecule has 0 bridgehead atoms. The molecule has 0 aliphatic carbocycles. The van der Waals surface area contributed by atoms with Crippen LogP contribution < -0.4 is 0 Å². The van der Waals surface area contributed by atoms with Crippen molar-refractivity contribution in [3.05, 3.63) is 59.9 Å². The lowest BCUT2D eigenvalue weighted by atomic mass is 10.2. The number of amides is 2. The average molecular weight is 371 g/mol. The largest absolute Gasteiger partial charge is 0.375 e. The quantitative estimate of drug-likeness (QED) is 0.680. The lowest BCUT2D eigenvalue weighted by molar-refractivity contribution is -0.144. The zero-order valence-electron chi connectivity index (χ0n) is 16.6. The van der Waals surface area contributed by atoms with Crippen LogP contribution >= 0.6 is 0 Å². The van der Waals surface area contributed by atoms with Crippen molar-refractivity contribution in [1.82, 2.24) is 14.4 Å². The van der Waals surface area contributed by atoms with Gasteiger partial charge in [-0.2, -0.15) is 0 Å². The molecule has 6 nitrogen and oxygen atoms in total. The molecule has 146 valence electrons. The highest BCUT2D eigenvalue weighted by molar-refractivity contribution is 5.85. The minimum atomic E-state index is -0.181. The Morgan fingerprint density at radius 2 is 1.74 bits per heavy atom. The first-order chi connectivity index (χ1) is 12.9. The third kappa shape index (κ3) is 5.96. The number of nitrogens with zero attached hydrogens (tertiary/aromatic N) is 3. The third-order valence-electron chi connectivity index (χ3n) is 4.49. The minimum absolute atomic E-state index is 0.0258. The smallest absolute Gasteiger partial charge is 0.249 e. The first-order valence-corrected chi connectivity index (χ1v) is 9.12. The van der Waals surface area contributed by atoms with Crippen molar-refractivity contribution in [2.45, 2.75) is 33.0 Å². The van der Waals surface area contributed by atoms with Crippen LogP contribution in [0, 0.1) is 0 Å². The summed E-state index contributed by atoms with van der Waals surface area (Å²) < 4.78 is 6.96. The molecule has 1 aromatic carbocycles. The van der Waals surface area contributed by atoms with Gasteiger partial charge in [0.2, 0.25) is 11.8 Å². The predicted molar refractivity (Wildman–Crippen MR) is 105 cm³/mol. The predicted octanol–water partition coefficient (Wildman–Crippen LogP) is 2.44. The Bertz CT molecular complexity index is 740. The molecule has 0 spiro atoms. The highest BCUT2D eigenvalue weighted by Gasteiger charge is 2.24. The van der Waals surface area contributed by atoms with Gasteiger partial charge in [-0.05, 0) is 31.5 Å². The number of ether oxygens (including phenoxy) is 1. The number of methoxy groups -OCH3 is 1. The summed E-state index contributed by atoms with van der Waals surface area (Å²) in [7, 11) is 3.44. The molecule has 0 fully saturated rings. The van der Waals surface area contributed by atoms with E-state index in [1.165, 1.54) is 7.11 Å². The Kier molecular flexibility index (Phi) is 7.61. The number of aromatic nitrogens is 1. The van der Waals surface area contributed by atoms with E-state index in [0.29, 0.717) is 13.1 Å². The van der Waals surface area contributed by atoms with E-state index in [-0.39, 0.29) is 31.0 Å². The summed E-state index contributed by atoms with van der Waals surface area (Å²) in [4.78, 5) is 28.7. The first-order valence-electron chi connectivity index (χ1n) is 9.12. The Hall–Kier alpha value is -2.60. The molecule has 2 amide bonds. The van der Waals surface area contributed by atoms with Crippen LogP contribution in [-0.2, 0) is 34.5 Å². The summed E-state index contributed by atoms with van der Waals surface area (Å²) in [5.74, 6) is -0.266. The fourth-order valence-corrected chi connectivity index (χ4v) is 2.90. The van der Waals surface area contributed by atoms with E-state index in [0.717, 1.165) is 11.3 Å². The number of rotatable bonds is 9. The molecule has 1 heterocycles. The molecular weight excluding hydrogens is 342 g/mol. The number of hydrogen-bond acceptors (Lipinski definition) is 3. The van der Waals surface area contributed by atoms with Gasteiger partial charge in [0.05, 0.1) is 6.54 Å². The number of benzene rings is 1. The first kappa shape index (κ1) is 20.7. The molecule has 0 aliphatic heterocycles. The van der Waals surface area contributed by atoms with E-state index in [9.17, 15) is 9.59 Å². The second-order valence-corrected chi connectivity index (χ2v) is 6.89. The molecule has 0 saturated heterocycles. The maximum atomic E-state index is 13.1. The third-order valence-corrected chi connectivity index (χ3v) is 4.49. The van der Waals surface area contributed by atoms with Crippen molar-refractivity contribution in [3.8, 4) is 0 Å². The SMILES string of the molecule is COCC(=O)N(CC(=O)N(Cc1ccccc1)Cc1cccn1C)C(C)C. The summed E-state index contributed by atoms with van der Waals surface area (Å²) in [6, 6.07) is 13.8. The maximum Gasteiger partial charge on any atom is 0.249 e. The molecule has 0 saturated carbocycles. The molecular formula is C21H29N3O3.